The highest BCUT2D eigenvalue weighted by atomic mass is 35.5. The lowest BCUT2D eigenvalue weighted by atomic mass is 10.1. The molecule has 1 saturated carbocycles. The summed E-state index contributed by atoms with van der Waals surface area (Å²) in [5.41, 5.74) is 7.47. The molecule has 2 N–H and O–H groups in total. The molecule has 0 saturated heterocycles. The van der Waals surface area contributed by atoms with Gasteiger partial charge in [-0.25, -0.2) is 9.37 Å². The first-order valence-electron chi connectivity index (χ1n) is 6.30. The lowest BCUT2D eigenvalue weighted by molar-refractivity contribution is 0.614. The number of halogens is 2. The molecule has 0 atom stereocenters. The van der Waals surface area contributed by atoms with Crippen LogP contribution in [0, 0.1) is 5.82 Å². The largest absolute Gasteiger partial charge is 0.326 e. The zero-order valence-electron chi connectivity index (χ0n) is 10.3. The van der Waals surface area contributed by atoms with Crippen molar-refractivity contribution in [1.82, 2.24) is 4.98 Å². The van der Waals surface area contributed by atoms with E-state index >= 15 is 0 Å². The molecule has 0 unspecified atom stereocenters. The van der Waals surface area contributed by atoms with Crippen LogP contribution in [0.15, 0.2) is 18.2 Å². The summed E-state index contributed by atoms with van der Waals surface area (Å²) in [6, 6.07) is 5.07. The van der Waals surface area contributed by atoms with E-state index in [0.717, 1.165) is 15.6 Å². The third-order valence-electron chi connectivity index (χ3n) is 3.29. The van der Waals surface area contributed by atoms with Gasteiger partial charge in [0, 0.05) is 23.8 Å². The van der Waals surface area contributed by atoms with Crippen LogP contribution in [0.2, 0.25) is 5.02 Å². The number of aromatic nitrogens is 1. The highest BCUT2D eigenvalue weighted by Gasteiger charge is 2.29. The van der Waals surface area contributed by atoms with Crippen molar-refractivity contribution in [3.05, 3.63) is 50.2 Å². The second-order valence-electron chi connectivity index (χ2n) is 4.78. The van der Waals surface area contributed by atoms with Crippen molar-refractivity contribution in [3.8, 4) is 0 Å². The van der Waals surface area contributed by atoms with Crippen LogP contribution in [-0.2, 0) is 13.0 Å². The Bertz CT molecular complexity index is 607. The molecular formula is C14H14ClFN2S. The number of benzene rings is 1. The number of hydrogen-bond donors (Lipinski definition) is 1. The second kappa shape index (κ2) is 5.19. The van der Waals surface area contributed by atoms with Crippen LogP contribution in [0.1, 0.15) is 39.9 Å². The Kier molecular flexibility index (Phi) is 3.56. The lowest BCUT2D eigenvalue weighted by Crippen LogP contribution is -1.97. The van der Waals surface area contributed by atoms with Crippen molar-refractivity contribution >= 4 is 22.9 Å². The molecule has 3 rings (SSSR count). The maximum atomic E-state index is 13.9. The SMILES string of the molecule is NCc1sc(Cc2cccc(Cl)c2F)nc1C1CC1. The first kappa shape index (κ1) is 13.0. The van der Waals surface area contributed by atoms with Gasteiger partial charge in [0.1, 0.15) is 5.82 Å². The van der Waals surface area contributed by atoms with Crippen molar-refractivity contribution in [1.29, 1.82) is 0 Å². The molecule has 1 aromatic carbocycles. The summed E-state index contributed by atoms with van der Waals surface area (Å²) in [5.74, 6) is 0.231. The summed E-state index contributed by atoms with van der Waals surface area (Å²) >= 11 is 7.38. The Morgan fingerprint density at radius 1 is 1.42 bits per heavy atom. The maximum absolute atomic E-state index is 13.9. The van der Waals surface area contributed by atoms with Gasteiger partial charge in [-0.2, -0.15) is 0 Å². The standard InChI is InChI=1S/C14H14ClFN2S/c15-10-3-1-2-9(13(10)16)6-12-18-14(8-4-5-8)11(7-17)19-12/h1-3,8H,4-7,17H2. The van der Waals surface area contributed by atoms with Crippen LogP contribution >= 0.6 is 22.9 Å². The van der Waals surface area contributed by atoms with Crippen molar-refractivity contribution in [3.63, 3.8) is 0 Å². The van der Waals surface area contributed by atoms with Crippen LogP contribution in [0.3, 0.4) is 0 Å². The summed E-state index contributed by atoms with van der Waals surface area (Å²) in [5, 5.41) is 1.08. The first-order chi connectivity index (χ1) is 9.19. The molecule has 2 nitrogen and oxygen atoms in total. The molecule has 100 valence electrons. The predicted octanol–water partition coefficient (Wildman–Crippen LogP) is 3.86. The molecule has 1 heterocycles. The van der Waals surface area contributed by atoms with Crippen molar-refractivity contribution in [2.45, 2.75) is 31.7 Å². The minimum Gasteiger partial charge on any atom is -0.326 e. The fourth-order valence-electron chi connectivity index (χ4n) is 2.16. The number of thiazole rings is 1. The van der Waals surface area contributed by atoms with E-state index in [1.54, 1.807) is 29.5 Å². The van der Waals surface area contributed by atoms with Crippen LogP contribution in [0.4, 0.5) is 4.39 Å². The molecule has 19 heavy (non-hydrogen) atoms. The van der Waals surface area contributed by atoms with Gasteiger partial charge >= 0.3 is 0 Å². The molecule has 0 bridgehead atoms. The summed E-state index contributed by atoms with van der Waals surface area (Å²) in [7, 11) is 0. The Balaban J connectivity index is 1.88. The summed E-state index contributed by atoms with van der Waals surface area (Å²) in [6.45, 7) is 0.515. The predicted molar refractivity (Wildman–Crippen MR) is 76.2 cm³/mol. The molecular weight excluding hydrogens is 283 g/mol. The van der Waals surface area contributed by atoms with Gasteiger partial charge in [0.2, 0.25) is 0 Å². The van der Waals surface area contributed by atoms with E-state index in [1.807, 2.05) is 0 Å². The van der Waals surface area contributed by atoms with E-state index in [-0.39, 0.29) is 10.8 Å². The van der Waals surface area contributed by atoms with Gasteiger partial charge in [0.25, 0.3) is 0 Å². The van der Waals surface area contributed by atoms with E-state index in [0.29, 0.717) is 24.4 Å². The number of nitrogens with zero attached hydrogens (tertiary/aromatic N) is 1. The van der Waals surface area contributed by atoms with Gasteiger partial charge in [-0.05, 0) is 24.5 Å². The molecule has 0 aliphatic heterocycles. The third kappa shape index (κ3) is 2.66. The fourth-order valence-corrected chi connectivity index (χ4v) is 3.41. The number of rotatable bonds is 4. The van der Waals surface area contributed by atoms with Crippen LogP contribution in [0.25, 0.3) is 0 Å². The highest BCUT2D eigenvalue weighted by Crippen LogP contribution is 2.42. The average Bonchev–Trinajstić information content (AvgIpc) is 3.17. The van der Waals surface area contributed by atoms with Gasteiger partial charge in [-0.3, -0.25) is 0 Å². The first-order valence-corrected chi connectivity index (χ1v) is 7.50. The molecule has 0 amide bonds. The molecule has 2 aromatic rings. The van der Waals surface area contributed by atoms with Crippen LogP contribution in [-0.4, -0.2) is 4.98 Å². The minimum atomic E-state index is -0.346. The normalized spacial score (nSPS) is 14.9. The van der Waals surface area contributed by atoms with Gasteiger partial charge in [0.15, 0.2) is 0 Å². The zero-order chi connectivity index (χ0) is 13.4. The van der Waals surface area contributed by atoms with E-state index in [1.165, 1.54) is 12.8 Å². The smallest absolute Gasteiger partial charge is 0.145 e. The summed E-state index contributed by atoms with van der Waals surface area (Å²) < 4.78 is 13.9. The van der Waals surface area contributed by atoms with Crippen LogP contribution in [0.5, 0.6) is 0 Å². The Morgan fingerprint density at radius 2 is 2.21 bits per heavy atom. The monoisotopic (exact) mass is 296 g/mol. The Morgan fingerprint density at radius 3 is 2.89 bits per heavy atom. The van der Waals surface area contributed by atoms with Crippen molar-refractivity contribution in [2.24, 2.45) is 5.73 Å². The fraction of sp³-hybridized carbons (Fsp3) is 0.357. The maximum Gasteiger partial charge on any atom is 0.145 e. The van der Waals surface area contributed by atoms with E-state index in [4.69, 9.17) is 17.3 Å². The van der Waals surface area contributed by atoms with Gasteiger partial charge < -0.3 is 5.73 Å². The molecule has 1 fully saturated rings. The van der Waals surface area contributed by atoms with E-state index in [9.17, 15) is 4.39 Å². The van der Waals surface area contributed by atoms with Crippen molar-refractivity contribution < 1.29 is 4.39 Å². The van der Waals surface area contributed by atoms with Gasteiger partial charge in [-0.15, -0.1) is 11.3 Å². The van der Waals surface area contributed by atoms with E-state index < -0.39 is 0 Å². The Hall–Kier alpha value is -0.970. The molecule has 1 aliphatic rings. The van der Waals surface area contributed by atoms with Crippen LogP contribution < -0.4 is 5.73 Å². The third-order valence-corrected chi connectivity index (χ3v) is 4.68. The van der Waals surface area contributed by atoms with Gasteiger partial charge in [-0.1, -0.05) is 23.7 Å². The van der Waals surface area contributed by atoms with Gasteiger partial charge in [0.05, 0.1) is 15.7 Å². The molecule has 1 aliphatic carbocycles. The molecule has 1 aromatic heterocycles. The number of hydrogen-bond acceptors (Lipinski definition) is 3. The lowest BCUT2D eigenvalue weighted by Gasteiger charge is -2.01. The zero-order valence-corrected chi connectivity index (χ0v) is 11.9. The van der Waals surface area contributed by atoms with Crippen molar-refractivity contribution in [2.75, 3.05) is 0 Å². The second-order valence-corrected chi connectivity index (χ2v) is 6.36. The summed E-state index contributed by atoms with van der Waals surface area (Å²) in [6.07, 6.45) is 2.88. The highest BCUT2D eigenvalue weighted by molar-refractivity contribution is 7.11. The minimum absolute atomic E-state index is 0.163. The molecule has 0 radical (unpaired) electrons. The quantitative estimate of drug-likeness (QED) is 0.930. The topological polar surface area (TPSA) is 38.9 Å². The van der Waals surface area contributed by atoms with E-state index in [2.05, 4.69) is 4.98 Å². The number of nitrogens with two attached hydrogens (primary N) is 1. The molecule has 5 heteroatoms. The average molecular weight is 297 g/mol. The summed E-state index contributed by atoms with van der Waals surface area (Å²) in [4.78, 5) is 5.78. The Labute approximate surface area is 120 Å². The molecule has 0 spiro atoms.